The van der Waals surface area contributed by atoms with E-state index < -0.39 is 0 Å². The van der Waals surface area contributed by atoms with E-state index >= 15 is 0 Å². The first kappa shape index (κ1) is 23.3. The third-order valence-corrected chi connectivity index (χ3v) is 8.96. The number of hydrogen-bond acceptors (Lipinski definition) is 5. The Labute approximate surface area is 206 Å². The molecule has 2 unspecified atom stereocenters. The minimum Gasteiger partial charge on any atom is -0.497 e. The highest BCUT2D eigenvalue weighted by Gasteiger charge is 2.37. The lowest BCUT2D eigenvalue weighted by Crippen LogP contribution is -2.49. The van der Waals surface area contributed by atoms with E-state index in [4.69, 9.17) is 9.72 Å². The SMILES string of the molecule is COc1ccc(CC(=O)N2CCC(c3nc(C(=O)N4CCCC5CCCCC54)cs3)CC2)cc1. The van der Waals surface area contributed by atoms with Crippen LogP contribution in [-0.4, -0.2) is 59.4 Å². The molecule has 1 saturated carbocycles. The number of nitrogens with zero attached hydrogens (tertiary/aromatic N) is 3. The fourth-order valence-electron chi connectivity index (χ4n) is 6.00. The summed E-state index contributed by atoms with van der Waals surface area (Å²) in [6.07, 6.45) is 9.59. The minimum atomic E-state index is 0.131. The first-order chi connectivity index (χ1) is 16.6. The number of carbonyl (C=O) groups is 2. The van der Waals surface area contributed by atoms with Crippen molar-refractivity contribution in [3.05, 3.63) is 45.9 Å². The first-order valence-corrected chi connectivity index (χ1v) is 13.7. The molecule has 182 valence electrons. The molecule has 5 rings (SSSR count). The number of hydrogen-bond donors (Lipinski definition) is 0. The summed E-state index contributed by atoms with van der Waals surface area (Å²) in [7, 11) is 1.64. The van der Waals surface area contributed by atoms with Gasteiger partial charge >= 0.3 is 0 Å². The second kappa shape index (κ2) is 10.5. The van der Waals surface area contributed by atoms with Crippen LogP contribution in [0.4, 0.5) is 0 Å². The van der Waals surface area contributed by atoms with E-state index in [1.165, 1.54) is 25.7 Å². The normalized spacial score (nSPS) is 23.4. The van der Waals surface area contributed by atoms with Gasteiger partial charge in [0.25, 0.3) is 5.91 Å². The minimum absolute atomic E-state index is 0.131. The van der Waals surface area contributed by atoms with Crippen LogP contribution in [0.5, 0.6) is 5.75 Å². The van der Waals surface area contributed by atoms with Crippen molar-refractivity contribution in [2.24, 2.45) is 5.92 Å². The third-order valence-electron chi connectivity index (χ3n) is 7.96. The molecule has 2 aromatic rings. The number of fused-ring (bicyclic) bond motifs is 1. The fourth-order valence-corrected chi connectivity index (χ4v) is 6.97. The predicted molar refractivity (Wildman–Crippen MR) is 133 cm³/mol. The second-order valence-corrected chi connectivity index (χ2v) is 10.9. The van der Waals surface area contributed by atoms with Gasteiger partial charge < -0.3 is 14.5 Å². The van der Waals surface area contributed by atoms with Crippen LogP contribution in [0.25, 0.3) is 0 Å². The van der Waals surface area contributed by atoms with E-state index in [2.05, 4.69) is 4.90 Å². The summed E-state index contributed by atoms with van der Waals surface area (Å²) >= 11 is 1.62. The van der Waals surface area contributed by atoms with Crippen molar-refractivity contribution in [3.8, 4) is 5.75 Å². The zero-order valence-electron chi connectivity index (χ0n) is 20.1. The molecule has 6 nitrogen and oxygen atoms in total. The number of aromatic nitrogens is 1. The number of amides is 2. The summed E-state index contributed by atoms with van der Waals surface area (Å²) in [5.74, 6) is 2.12. The van der Waals surface area contributed by atoms with E-state index in [9.17, 15) is 9.59 Å². The van der Waals surface area contributed by atoms with Crippen LogP contribution < -0.4 is 4.74 Å². The number of thiazole rings is 1. The number of carbonyl (C=O) groups excluding carboxylic acids is 2. The Balaban J connectivity index is 1.15. The number of rotatable bonds is 5. The van der Waals surface area contributed by atoms with Gasteiger partial charge in [-0.2, -0.15) is 0 Å². The average molecular weight is 482 g/mol. The summed E-state index contributed by atoms with van der Waals surface area (Å²) in [6.45, 7) is 2.37. The molecule has 2 atom stereocenters. The summed E-state index contributed by atoms with van der Waals surface area (Å²) in [5.41, 5.74) is 1.64. The van der Waals surface area contributed by atoms with Crippen molar-refractivity contribution >= 4 is 23.2 Å². The Morgan fingerprint density at radius 1 is 1.00 bits per heavy atom. The molecule has 3 aliphatic rings. The molecule has 2 saturated heterocycles. The van der Waals surface area contributed by atoms with E-state index in [1.54, 1.807) is 18.4 Å². The Hall–Kier alpha value is -2.41. The number of piperidine rings is 2. The van der Waals surface area contributed by atoms with Gasteiger partial charge in [0, 0.05) is 37.0 Å². The van der Waals surface area contributed by atoms with Crippen molar-refractivity contribution < 1.29 is 14.3 Å². The zero-order valence-corrected chi connectivity index (χ0v) is 20.9. The molecular weight excluding hydrogens is 446 g/mol. The molecule has 1 aliphatic carbocycles. The van der Waals surface area contributed by atoms with Crippen LogP contribution in [0, 0.1) is 5.92 Å². The average Bonchev–Trinajstić information content (AvgIpc) is 3.39. The summed E-state index contributed by atoms with van der Waals surface area (Å²) < 4.78 is 5.19. The smallest absolute Gasteiger partial charge is 0.273 e. The predicted octanol–water partition coefficient (Wildman–Crippen LogP) is 4.90. The van der Waals surface area contributed by atoms with Crippen molar-refractivity contribution in [1.82, 2.24) is 14.8 Å². The topological polar surface area (TPSA) is 62.7 Å². The Morgan fingerprint density at radius 3 is 2.50 bits per heavy atom. The molecule has 34 heavy (non-hydrogen) atoms. The molecule has 0 N–H and O–H groups in total. The number of likely N-dealkylation sites (tertiary alicyclic amines) is 2. The van der Waals surface area contributed by atoms with Gasteiger partial charge in [0.15, 0.2) is 0 Å². The van der Waals surface area contributed by atoms with Gasteiger partial charge in [-0.05, 0) is 62.1 Å². The highest BCUT2D eigenvalue weighted by atomic mass is 32.1. The molecule has 0 bridgehead atoms. The van der Waals surface area contributed by atoms with E-state index in [0.29, 0.717) is 30.0 Å². The Bertz CT molecular complexity index is 995. The molecule has 7 heteroatoms. The van der Waals surface area contributed by atoms with E-state index in [1.807, 2.05) is 34.5 Å². The van der Waals surface area contributed by atoms with Crippen LogP contribution >= 0.6 is 11.3 Å². The summed E-state index contributed by atoms with van der Waals surface area (Å²) in [5, 5.41) is 3.02. The summed E-state index contributed by atoms with van der Waals surface area (Å²) in [4.78, 5) is 35.0. The Morgan fingerprint density at radius 2 is 1.74 bits per heavy atom. The van der Waals surface area contributed by atoms with Gasteiger partial charge in [-0.3, -0.25) is 9.59 Å². The molecule has 0 spiro atoms. The maximum atomic E-state index is 13.3. The maximum Gasteiger partial charge on any atom is 0.273 e. The molecule has 0 radical (unpaired) electrons. The fraction of sp³-hybridized carbons (Fsp3) is 0.593. The quantitative estimate of drug-likeness (QED) is 0.610. The van der Waals surface area contributed by atoms with E-state index in [-0.39, 0.29) is 11.8 Å². The van der Waals surface area contributed by atoms with Crippen LogP contribution in [0.2, 0.25) is 0 Å². The first-order valence-electron chi connectivity index (χ1n) is 12.8. The van der Waals surface area contributed by atoms with Crippen molar-refractivity contribution in [3.63, 3.8) is 0 Å². The lowest BCUT2D eigenvalue weighted by Gasteiger charge is -2.43. The highest BCUT2D eigenvalue weighted by Crippen LogP contribution is 2.37. The number of benzene rings is 1. The lowest BCUT2D eigenvalue weighted by atomic mass is 9.78. The molecule has 2 amide bonds. The van der Waals surface area contributed by atoms with Gasteiger partial charge in [0.2, 0.25) is 5.91 Å². The maximum absolute atomic E-state index is 13.3. The largest absolute Gasteiger partial charge is 0.497 e. The zero-order chi connectivity index (χ0) is 23.5. The van der Waals surface area contributed by atoms with Gasteiger partial charge in [0.1, 0.15) is 11.4 Å². The van der Waals surface area contributed by atoms with Crippen molar-refractivity contribution in [2.75, 3.05) is 26.7 Å². The molecular formula is C27H35N3O3S. The van der Waals surface area contributed by atoms with Crippen LogP contribution in [-0.2, 0) is 11.2 Å². The third kappa shape index (κ3) is 4.99. The van der Waals surface area contributed by atoms with Gasteiger partial charge in [-0.25, -0.2) is 4.98 Å². The van der Waals surface area contributed by atoms with Gasteiger partial charge in [-0.15, -0.1) is 11.3 Å². The lowest BCUT2D eigenvalue weighted by molar-refractivity contribution is -0.131. The number of ether oxygens (including phenoxy) is 1. The van der Waals surface area contributed by atoms with Crippen molar-refractivity contribution in [1.29, 1.82) is 0 Å². The summed E-state index contributed by atoms with van der Waals surface area (Å²) in [6, 6.07) is 8.12. The molecule has 1 aromatic heterocycles. The van der Waals surface area contributed by atoms with Gasteiger partial charge in [-0.1, -0.05) is 25.0 Å². The second-order valence-electron chi connectivity index (χ2n) is 10.0. The van der Waals surface area contributed by atoms with Crippen LogP contribution in [0.3, 0.4) is 0 Å². The highest BCUT2D eigenvalue weighted by molar-refractivity contribution is 7.09. The molecule has 2 aliphatic heterocycles. The van der Waals surface area contributed by atoms with Gasteiger partial charge in [0.05, 0.1) is 18.5 Å². The monoisotopic (exact) mass is 481 g/mol. The van der Waals surface area contributed by atoms with Crippen LogP contribution in [0.1, 0.15) is 78.3 Å². The van der Waals surface area contributed by atoms with Crippen LogP contribution in [0.15, 0.2) is 29.6 Å². The standard InChI is InChI=1S/C27H35N3O3S/c1-33-22-10-8-19(9-11-22)17-25(31)29-15-12-21(13-16-29)26-28-23(18-34-26)27(32)30-14-4-6-20-5-2-3-7-24(20)30/h8-11,18,20-21,24H,2-7,12-17H2,1H3. The number of methoxy groups -OCH3 is 1. The molecule has 1 aromatic carbocycles. The molecule has 3 fully saturated rings. The Kier molecular flexibility index (Phi) is 7.18. The van der Waals surface area contributed by atoms with Crippen molar-refractivity contribution in [2.45, 2.75) is 69.7 Å². The van der Waals surface area contributed by atoms with E-state index in [0.717, 1.165) is 61.6 Å². The molecule has 3 heterocycles.